The number of para-hydroxylation sites is 1. The van der Waals surface area contributed by atoms with Gasteiger partial charge in [0.05, 0.1) is 11.0 Å². The van der Waals surface area contributed by atoms with Crippen LogP contribution < -0.4 is 20.1 Å². The Morgan fingerprint density at radius 3 is 2.24 bits per heavy atom. The van der Waals surface area contributed by atoms with Crippen LogP contribution in [0.1, 0.15) is 13.8 Å². The van der Waals surface area contributed by atoms with Gasteiger partial charge in [-0.1, -0.05) is 36.4 Å². The van der Waals surface area contributed by atoms with E-state index in [1.807, 2.05) is 32.0 Å². The number of sulfonamides is 1. The number of hydrogen-bond donors (Lipinski definition) is 4. The summed E-state index contributed by atoms with van der Waals surface area (Å²) in [7, 11) is -11.1. The Bertz CT molecular complexity index is 2070. The van der Waals surface area contributed by atoms with Gasteiger partial charge in [-0.15, -0.1) is 0 Å². The summed E-state index contributed by atoms with van der Waals surface area (Å²) in [5.74, 6) is 0.485. The zero-order valence-electron chi connectivity index (χ0n) is 22.7. The van der Waals surface area contributed by atoms with Crippen LogP contribution in [-0.4, -0.2) is 51.6 Å². The third-order valence-electron chi connectivity index (χ3n) is 6.99. The van der Waals surface area contributed by atoms with Crippen molar-refractivity contribution in [1.82, 2.24) is 4.58 Å². The van der Waals surface area contributed by atoms with Crippen molar-refractivity contribution < 1.29 is 35.9 Å². The average Bonchev–Trinajstić information content (AvgIpc) is 2.95. The molecule has 0 radical (unpaired) electrons. The second-order valence-corrected chi connectivity index (χ2v) is 12.6. The topological polar surface area (TPSA) is 157 Å². The zero-order chi connectivity index (χ0) is 30.2. The summed E-state index contributed by atoms with van der Waals surface area (Å²) in [6.07, 6.45) is 0. The molecule has 3 aromatic rings. The van der Waals surface area contributed by atoms with Crippen LogP contribution >= 0.6 is 0 Å². The van der Waals surface area contributed by atoms with Gasteiger partial charge in [-0.05, 0) is 55.7 Å². The number of benzene rings is 4. The summed E-state index contributed by atoms with van der Waals surface area (Å²) >= 11 is 0. The molecule has 4 N–H and O–H groups in total. The standard InChI is InChI=1S/C29H27BN2O8S2/c1-3-32(4-2)21-12-14-24-27(17-21)40-26-11-6-5-10-23(26)29(24)25-15-13-22(18-28(25)42(37,38)39)41(35,36)31-20-9-7-8-19(16-20)30(33)34/h5-18,31,33-34H,3-4H2,1-2H3/p+1. The Balaban J connectivity index is 1.74. The van der Waals surface area contributed by atoms with E-state index < -0.39 is 37.1 Å². The fraction of sp³-hybridized carbons (Fsp3) is 0.138. The molecular formula is C29H28BN2O8S2+. The van der Waals surface area contributed by atoms with Crippen LogP contribution in [0.5, 0.6) is 0 Å². The molecule has 0 fully saturated rings. The molecule has 0 saturated heterocycles. The number of fused-ring (bicyclic) bond motifs is 2. The average molecular weight is 607 g/mol. The van der Waals surface area contributed by atoms with Gasteiger partial charge in [0, 0.05) is 33.8 Å². The molecule has 0 spiro atoms. The maximum Gasteiger partial charge on any atom is 0.488 e. The van der Waals surface area contributed by atoms with Crippen LogP contribution in [0.4, 0.5) is 5.69 Å². The largest absolute Gasteiger partial charge is 0.488 e. The van der Waals surface area contributed by atoms with E-state index in [0.29, 0.717) is 27.9 Å². The number of anilines is 1. The highest BCUT2D eigenvalue weighted by atomic mass is 32.2. The molecule has 1 heterocycles. The minimum absolute atomic E-state index is 0.0312. The number of nitrogens with one attached hydrogen (secondary N) is 1. The quantitative estimate of drug-likeness (QED) is 0.0908. The Kier molecular flexibility index (Phi) is 7.97. The Hall–Kier alpha value is -4.01. The Morgan fingerprint density at radius 2 is 1.55 bits per heavy atom. The molecule has 13 heteroatoms. The van der Waals surface area contributed by atoms with Crippen molar-refractivity contribution in [3.8, 4) is 22.5 Å². The van der Waals surface area contributed by atoms with E-state index in [1.165, 1.54) is 36.4 Å². The number of rotatable bonds is 8. The van der Waals surface area contributed by atoms with Crippen molar-refractivity contribution in [1.29, 1.82) is 0 Å². The van der Waals surface area contributed by atoms with Gasteiger partial charge >= 0.3 is 7.12 Å². The molecule has 42 heavy (non-hydrogen) atoms. The molecule has 0 atom stereocenters. The van der Waals surface area contributed by atoms with E-state index in [9.17, 15) is 31.4 Å². The summed E-state index contributed by atoms with van der Waals surface area (Å²) in [5, 5.41) is 20.3. The zero-order valence-corrected chi connectivity index (χ0v) is 24.4. The van der Waals surface area contributed by atoms with Crippen LogP contribution in [0, 0.1) is 0 Å². The molecule has 5 rings (SSSR count). The monoisotopic (exact) mass is 607 g/mol. The van der Waals surface area contributed by atoms with Gasteiger partial charge in [-0.3, -0.25) is 9.27 Å². The van der Waals surface area contributed by atoms with Crippen molar-refractivity contribution in [2.24, 2.45) is 0 Å². The normalized spacial score (nSPS) is 12.0. The first kappa shape index (κ1) is 29.5. The smallest absolute Gasteiger partial charge is 0.456 e. The van der Waals surface area contributed by atoms with Gasteiger partial charge < -0.3 is 14.5 Å². The molecule has 0 unspecified atom stereocenters. The van der Waals surface area contributed by atoms with Crippen molar-refractivity contribution in [3.05, 3.63) is 90.3 Å². The lowest BCUT2D eigenvalue weighted by atomic mass is 9.80. The van der Waals surface area contributed by atoms with E-state index in [1.54, 1.807) is 24.3 Å². The van der Waals surface area contributed by atoms with E-state index in [2.05, 4.69) is 9.30 Å². The number of nitrogens with zero attached hydrogens (tertiary/aromatic N) is 1. The Morgan fingerprint density at radius 1 is 0.833 bits per heavy atom. The van der Waals surface area contributed by atoms with Gasteiger partial charge in [0.25, 0.3) is 20.1 Å². The van der Waals surface area contributed by atoms with Crippen molar-refractivity contribution in [2.45, 2.75) is 23.6 Å². The molecule has 0 aromatic heterocycles. The van der Waals surface area contributed by atoms with E-state index in [-0.39, 0.29) is 16.7 Å². The predicted octanol–water partition coefficient (Wildman–Crippen LogP) is 2.74. The summed E-state index contributed by atoms with van der Waals surface area (Å²) in [6.45, 7) is 5.60. The highest BCUT2D eigenvalue weighted by Gasteiger charge is 2.27. The summed E-state index contributed by atoms with van der Waals surface area (Å²) in [6, 6.07) is 21.6. The molecule has 1 aliphatic heterocycles. The fourth-order valence-electron chi connectivity index (χ4n) is 4.97. The lowest BCUT2D eigenvalue weighted by Gasteiger charge is -2.18. The summed E-state index contributed by atoms with van der Waals surface area (Å²) < 4.78 is 72.9. The lowest BCUT2D eigenvalue weighted by Crippen LogP contribution is -2.30. The first-order valence-corrected chi connectivity index (χ1v) is 16.0. The third kappa shape index (κ3) is 5.69. The lowest BCUT2D eigenvalue weighted by molar-refractivity contribution is 0.425. The van der Waals surface area contributed by atoms with E-state index >= 15 is 0 Å². The molecule has 0 saturated carbocycles. The van der Waals surface area contributed by atoms with Crippen LogP contribution in [0.25, 0.3) is 33.4 Å². The number of hydrogen-bond acceptors (Lipinski definition) is 7. The minimum atomic E-state index is -4.92. The highest BCUT2D eigenvalue weighted by molar-refractivity contribution is 7.92. The van der Waals surface area contributed by atoms with Crippen molar-refractivity contribution in [3.63, 3.8) is 0 Å². The molecule has 0 amide bonds. The first-order chi connectivity index (χ1) is 19.9. The minimum Gasteiger partial charge on any atom is -0.456 e. The predicted molar refractivity (Wildman–Crippen MR) is 162 cm³/mol. The van der Waals surface area contributed by atoms with Crippen molar-refractivity contribution in [2.75, 3.05) is 17.8 Å². The molecule has 1 aliphatic carbocycles. The molecular weight excluding hydrogens is 579 g/mol. The molecule has 10 nitrogen and oxygen atoms in total. The van der Waals surface area contributed by atoms with Crippen LogP contribution in [0.3, 0.4) is 0 Å². The van der Waals surface area contributed by atoms with E-state index in [4.69, 9.17) is 4.42 Å². The second-order valence-electron chi connectivity index (χ2n) is 9.56. The maximum absolute atomic E-state index is 13.3. The Labute approximate surface area is 243 Å². The maximum atomic E-state index is 13.3. The molecule has 2 aliphatic rings. The van der Waals surface area contributed by atoms with Crippen LogP contribution in [-0.2, 0) is 20.1 Å². The molecule has 216 valence electrons. The van der Waals surface area contributed by atoms with E-state index in [0.717, 1.165) is 24.5 Å². The van der Waals surface area contributed by atoms with Gasteiger partial charge in [-0.2, -0.15) is 8.42 Å². The third-order valence-corrected chi connectivity index (χ3v) is 9.26. The first-order valence-electron chi connectivity index (χ1n) is 13.1. The summed E-state index contributed by atoms with van der Waals surface area (Å²) in [5.41, 5.74) is 1.68. The van der Waals surface area contributed by atoms with Gasteiger partial charge in [-0.25, -0.2) is 13.0 Å². The van der Waals surface area contributed by atoms with Gasteiger partial charge in [0.15, 0.2) is 0 Å². The SMILES string of the molecule is CC[N+](CC)=c1ccc2c(-c3ccc(S(=O)(=O)Nc4cccc(B(O)O)c4)cc3S(=O)(=O)O)c3ccccc3oc-2c1. The van der Waals surface area contributed by atoms with Gasteiger partial charge in [0.1, 0.15) is 29.3 Å². The summed E-state index contributed by atoms with van der Waals surface area (Å²) in [4.78, 5) is -1.03. The van der Waals surface area contributed by atoms with Crippen LogP contribution in [0.15, 0.2) is 99.1 Å². The fourth-order valence-corrected chi connectivity index (χ4v) is 6.84. The highest BCUT2D eigenvalue weighted by Crippen LogP contribution is 2.42. The van der Waals surface area contributed by atoms with Crippen molar-refractivity contribution >= 4 is 49.4 Å². The second kappa shape index (κ2) is 11.3. The van der Waals surface area contributed by atoms with Gasteiger partial charge in [0.2, 0.25) is 5.36 Å². The molecule has 0 bridgehead atoms. The molecule has 3 aromatic carbocycles. The van der Waals surface area contributed by atoms with Crippen LogP contribution in [0.2, 0.25) is 0 Å².